The third-order valence-electron chi connectivity index (χ3n) is 3.33. The van der Waals surface area contributed by atoms with Gasteiger partial charge in [-0.3, -0.25) is 4.79 Å². The Morgan fingerprint density at radius 1 is 1.33 bits per heavy atom. The van der Waals surface area contributed by atoms with E-state index in [1.54, 1.807) is 12.4 Å². The van der Waals surface area contributed by atoms with Gasteiger partial charge in [0.15, 0.2) is 0 Å². The van der Waals surface area contributed by atoms with Crippen LogP contribution in [0.5, 0.6) is 0 Å². The van der Waals surface area contributed by atoms with Gasteiger partial charge in [0.05, 0.1) is 5.92 Å². The van der Waals surface area contributed by atoms with Crippen LogP contribution in [0.15, 0.2) is 36.7 Å². The normalized spacial score (nSPS) is 16.7. The Hall–Kier alpha value is -1.56. The fourth-order valence-corrected chi connectivity index (χ4v) is 2.29. The van der Waals surface area contributed by atoms with E-state index < -0.39 is 0 Å². The maximum atomic E-state index is 12.0. The first-order valence-corrected chi connectivity index (χ1v) is 6.44. The first kappa shape index (κ1) is 17.5. The molecule has 3 N–H and O–H groups in total. The summed E-state index contributed by atoms with van der Waals surface area (Å²) in [6.45, 7) is 1.69. The van der Waals surface area contributed by atoms with Crippen LogP contribution in [0.25, 0.3) is 11.4 Å². The predicted molar refractivity (Wildman–Crippen MR) is 88.1 cm³/mol. The standard InChI is InChI=1S/C14H16N4O.2ClH/c19-14(11-4-5-15-9-11)18-12-3-1-2-10(8-12)13-16-6-7-17-13;;/h1-3,6-8,11,15H,4-5,9H2,(H,16,17)(H,18,19);2*1H. The average molecular weight is 329 g/mol. The van der Waals surface area contributed by atoms with Crippen molar-refractivity contribution in [2.45, 2.75) is 6.42 Å². The molecule has 1 amide bonds. The SMILES string of the molecule is Cl.Cl.O=C(Nc1cccc(-c2ncc[nH]2)c1)C1CCNC1. The Labute approximate surface area is 135 Å². The van der Waals surface area contributed by atoms with E-state index in [1.807, 2.05) is 24.3 Å². The Morgan fingerprint density at radius 2 is 2.19 bits per heavy atom. The summed E-state index contributed by atoms with van der Waals surface area (Å²) in [6, 6.07) is 7.71. The monoisotopic (exact) mass is 328 g/mol. The van der Waals surface area contributed by atoms with Crippen molar-refractivity contribution in [2.75, 3.05) is 18.4 Å². The molecule has 3 rings (SSSR count). The van der Waals surface area contributed by atoms with Crippen LogP contribution >= 0.6 is 24.8 Å². The average Bonchev–Trinajstić information content (AvgIpc) is 3.13. The summed E-state index contributed by atoms with van der Waals surface area (Å²) in [5.41, 5.74) is 1.78. The van der Waals surface area contributed by atoms with Crippen LogP contribution in [0, 0.1) is 5.92 Å². The van der Waals surface area contributed by atoms with Gasteiger partial charge in [-0.1, -0.05) is 12.1 Å². The zero-order valence-corrected chi connectivity index (χ0v) is 13.0. The van der Waals surface area contributed by atoms with Crippen molar-refractivity contribution in [3.63, 3.8) is 0 Å². The number of anilines is 1. The molecule has 0 radical (unpaired) electrons. The maximum Gasteiger partial charge on any atom is 0.228 e. The van der Waals surface area contributed by atoms with E-state index in [0.717, 1.165) is 36.6 Å². The van der Waals surface area contributed by atoms with Crippen molar-refractivity contribution < 1.29 is 4.79 Å². The van der Waals surface area contributed by atoms with Crippen LogP contribution < -0.4 is 10.6 Å². The van der Waals surface area contributed by atoms with Crippen LogP contribution in [0.1, 0.15) is 6.42 Å². The number of carbonyl (C=O) groups is 1. The van der Waals surface area contributed by atoms with Crippen molar-refractivity contribution in [3.05, 3.63) is 36.7 Å². The van der Waals surface area contributed by atoms with E-state index in [4.69, 9.17) is 0 Å². The Balaban J connectivity index is 0.00000110. The highest BCUT2D eigenvalue weighted by molar-refractivity contribution is 5.93. The fourth-order valence-electron chi connectivity index (χ4n) is 2.29. The number of nitrogens with zero attached hydrogens (tertiary/aromatic N) is 1. The molecule has 0 spiro atoms. The predicted octanol–water partition coefficient (Wildman–Crippen LogP) is 2.47. The number of benzene rings is 1. The second-order valence-corrected chi connectivity index (χ2v) is 4.70. The summed E-state index contributed by atoms with van der Waals surface area (Å²) < 4.78 is 0. The Bertz CT molecular complexity index is 568. The first-order valence-electron chi connectivity index (χ1n) is 6.44. The molecule has 7 heteroatoms. The van der Waals surface area contributed by atoms with Gasteiger partial charge >= 0.3 is 0 Å². The highest BCUT2D eigenvalue weighted by Crippen LogP contribution is 2.20. The summed E-state index contributed by atoms with van der Waals surface area (Å²) in [7, 11) is 0. The molecule has 0 aliphatic carbocycles. The number of carbonyl (C=O) groups excluding carboxylic acids is 1. The first-order chi connectivity index (χ1) is 9.33. The van der Waals surface area contributed by atoms with Crippen LogP contribution in [-0.2, 0) is 4.79 Å². The topological polar surface area (TPSA) is 69.8 Å². The molecular formula is C14H18Cl2N4O. The van der Waals surface area contributed by atoms with Crippen molar-refractivity contribution in [2.24, 2.45) is 5.92 Å². The molecule has 0 bridgehead atoms. The summed E-state index contributed by atoms with van der Waals surface area (Å²) in [4.78, 5) is 19.3. The zero-order valence-electron chi connectivity index (χ0n) is 11.3. The van der Waals surface area contributed by atoms with Gasteiger partial charge in [0.1, 0.15) is 5.82 Å². The van der Waals surface area contributed by atoms with Gasteiger partial charge in [0.2, 0.25) is 5.91 Å². The zero-order chi connectivity index (χ0) is 13.1. The fraction of sp³-hybridized carbons (Fsp3) is 0.286. The second-order valence-electron chi connectivity index (χ2n) is 4.70. The molecule has 1 saturated heterocycles. The molecule has 114 valence electrons. The molecule has 2 heterocycles. The number of halogens is 2. The molecule has 1 aromatic carbocycles. The van der Waals surface area contributed by atoms with Crippen LogP contribution in [0.4, 0.5) is 5.69 Å². The van der Waals surface area contributed by atoms with E-state index in [2.05, 4.69) is 20.6 Å². The van der Waals surface area contributed by atoms with Gasteiger partial charge in [-0.05, 0) is 25.1 Å². The van der Waals surface area contributed by atoms with Crippen molar-refractivity contribution >= 4 is 36.4 Å². The van der Waals surface area contributed by atoms with Crippen LogP contribution in [-0.4, -0.2) is 29.0 Å². The Kier molecular flexibility index (Phi) is 6.68. The van der Waals surface area contributed by atoms with E-state index in [-0.39, 0.29) is 36.6 Å². The summed E-state index contributed by atoms with van der Waals surface area (Å²) in [6.07, 6.45) is 4.40. The minimum atomic E-state index is 0. The number of amides is 1. The molecular weight excluding hydrogens is 311 g/mol. The summed E-state index contributed by atoms with van der Waals surface area (Å²) in [5, 5.41) is 6.16. The van der Waals surface area contributed by atoms with E-state index in [1.165, 1.54) is 0 Å². The summed E-state index contributed by atoms with van der Waals surface area (Å²) in [5.74, 6) is 0.965. The van der Waals surface area contributed by atoms with Gasteiger partial charge in [-0.15, -0.1) is 24.8 Å². The molecule has 1 aliphatic rings. The van der Waals surface area contributed by atoms with Crippen LogP contribution in [0.3, 0.4) is 0 Å². The number of aromatic nitrogens is 2. The lowest BCUT2D eigenvalue weighted by Gasteiger charge is -2.10. The largest absolute Gasteiger partial charge is 0.345 e. The lowest BCUT2D eigenvalue weighted by atomic mass is 10.1. The lowest BCUT2D eigenvalue weighted by Crippen LogP contribution is -2.24. The molecule has 21 heavy (non-hydrogen) atoms. The lowest BCUT2D eigenvalue weighted by molar-refractivity contribution is -0.119. The van der Waals surface area contributed by atoms with Crippen molar-refractivity contribution in [3.8, 4) is 11.4 Å². The number of nitrogens with one attached hydrogen (secondary N) is 3. The number of hydrogen-bond acceptors (Lipinski definition) is 3. The number of H-pyrrole nitrogens is 1. The van der Waals surface area contributed by atoms with Gasteiger partial charge in [0, 0.05) is 30.2 Å². The minimum Gasteiger partial charge on any atom is -0.345 e. The number of rotatable bonds is 3. The molecule has 1 aromatic heterocycles. The third-order valence-corrected chi connectivity index (χ3v) is 3.33. The third kappa shape index (κ3) is 4.20. The van der Waals surface area contributed by atoms with E-state index in [0.29, 0.717) is 0 Å². The molecule has 1 atom stereocenters. The Morgan fingerprint density at radius 3 is 2.86 bits per heavy atom. The molecule has 1 unspecified atom stereocenters. The number of imidazole rings is 1. The second kappa shape index (κ2) is 8.02. The van der Waals surface area contributed by atoms with Gasteiger partial charge in [-0.2, -0.15) is 0 Å². The smallest absolute Gasteiger partial charge is 0.228 e. The summed E-state index contributed by atoms with van der Waals surface area (Å²) >= 11 is 0. The number of aromatic amines is 1. The van der Waals surface area contributed by atoms with E-state index >= 15 is 0 Å². The van der Waals surface area contributed by atoms with Crippen molar-refractivity contribution in [1.82, 2.24) is 15.3 Å². The molecule has 0 saturated carbocycles. The highest BCUT2D eigenvalue weighted by Gasteiger charge is 2.22. The minimum absolute atomic E-state index is 0. The van der Waals surface area contributed by atoms with Crippen LogP contribution in [0.2, 0.25) is 0 Å². The van der Waals surface area contributed by atoms with Gasteiger partial charge < -0.3 is 15.6 Å². The van der Waals surface area contributed by atoms with Gasteiger partial charge in [0.25, 0.3) is 0 Å². The van der Waals surface area contributed by atoms with Crippen molar-refractivity contribution in [1.29, 1.82) is 0 Å². The van der Waals surface area contributed by atoms with Gasteiger partial charge in [-0.25, -0.2) is 4.98 Å². The quantitative estimate of drug-likeness (QED) is 0.810. The number of hydrogen-bond donors (Lipinski definition) is 3. The molecule has 5 nitrogen and oxygen atoms in total. The highest BCUT2D eigenvalue weighted by atomic mass is 35.5. The van der Waals surface area contributed by atoms with E-state index in [9.17, 15) is 4.79 Å². The molecule has 1 fully saturated rings. The molecule has 2 aromatic rings. The maximum absolute atomic E-state index is 12.0. The molecule has 1 aliphatic heterocycles.